The van der Waals surface area contributed by atoms with Crippen LogP contribution in [0.5, 0.6) is 0 Å². The molecule has 20 heavy (non-hydrogen) atoms. The number of hydrogen-bond donors (Lipinski definition) is 1. The van der Waals surface area contributed by atoms with Gasteiger partial charge in [0.1, 0.15) is 5.69 Å². The van der Waals surface area contributed by atoms with Crippen LogP contribution >= 0.6 is 0 Å². The van der Waals surface area contributed by atoms with E-state index in [-0.39, 0.29) is 18.4 Å². The summed E-state index contributed by atoms with van der Waals surface area (Å²) in [7, 11) is 0. The average molecular weight is 283 g/mol. The molecule has 2 aromatic rings. The molecule has 2 heterocycles. The van der Waals surface area contributed by atoms with Gasteiger partial charge in [-0.25, -0.2) is 0 Å². The van der Waals surface area contributed by atoms with Crippen molar-refractivity contribution in [1.82, 2.24) is 4.57 Å². The highest BCUT2D eigenvalue weighted by Gasteiger charge is 2.40. The fourth-order valence-corrected chi connectivity index (χ4v) is 3.02. The van der Waals surface area contributed by atoms with Crippen LogP contribution in [0.1, 0.15) is 23.2 Å². The van der Waals surface area contributed by atoms with E-state index in [0.29, 0.717) is 23.9 Å². The molecule has 0 fully saturated rings. The highest BCUT2D eigenvalue weighted by atomic mass is 19.4. The Bertz CT molecular complexity index is 700. The van der Waals surface area contributed by atoms with Crippen LogP contribution in [0.3, 0.4) is 0 Å². The Morgan fingerprint density at radius 3 is 2.75 bits per heavy atom. The molecular weight excluding hydrogens is 271 g/mol. The summed E-state index contributed by atoms with van der Waals surface area (Å²) in [5.74, 6) is -1.09. The lowest BCUT2D eigenvalue weighted by Crippen LogP contribution is -2.15. The Morgan fingerprint density at radius 1 is 1.35 bits per heavy atom. The molecule has 0 aliphatic carbocycles. The average Bonchev–Trinajstić information content (AvgIpc) is 2.89. The number of benzene rings is 1. The molecule has 1 aromatic carbocycles. The number of rotatable bonds is 3. The molecule has 6 heteroatoms. The molecular formula is C14H12F3NO2. The van der Waals surface area contributed by atoms with Gasteiger partial charge >= 0.3 is 12.1 Å². The number of hydrogen-bond acceptors (Lipinski definition) is 1. The normalized spacial score (nSPS) is 14.2. The zero-order valence-electron chi connectivity index (χ0n) is 10.5. The lowest BCUT2D eigenvalue weighted by Gasteiger charge is -2.12. The van der Waals surface area contributed by atoms with Gasteiger partial charge in [-0.15, -0.1) is 0 Å². The maximum absolute atomic E-state index is 13.3. The maximum atomic E-state index is 13.3. The van der Waals surface area contributed by atoms with Crippen molar-refractivity contribution in [1.29, 1.82) is 0 Å². The molecule has 1 aliphatic heterocycles. The zero-order valence-corrected chi connectivity index (χ0v) is 10.5. The first-order valence-electron chi connectivity index (χ1n) is 6.31. The fraction of sp³-hybridized carbons (Fsp3) is 0.357. The van der Waals surface area contributed by atoms with Gasteiger partial charge in [0.2, 0.25) is 0 Å². The standard InChI is InChI=1S/C14H12F3NO2/c15-14(16,17)13-10(4-5-11(19)20)9-3-1-2-8-6-7-18(13)12(8)9/h1-3H,4-7H2,(H,19,20). The van der Waals surface area contributed by atoms with Gasteiger partial charge in [0.15, 0.2) is 0 Å². The van der Waals surface area contributed by atoms with Gasteiger partial charge < -0.3 is 9.67 Å². The summed E-state index contributed by atoms with van der Waals surface area (Å²) >= 11 is 0. The van der Waals surface area contributed by atoms with E-state index >= 15 is 0 Å². The van der Waals surface area contributed by atoms with Crippen LogP contribution in [0.2, 0.25) is 0 Å². The smallest absolute Gasteiger partial charge is 0.431 e. The third-order valence-electron chi connectivity index (χ3n) is 3.73. The number of carboxylic acid groups (broad SMARTS) is 1. The molecule has 1 N–H and O–H groups in total. The van der Waals surface area contributed by atoms with Gasteiger partial charge in [0.25, 0.3) is 0 Å². The van der Waals surface area contributed by atoms with E-state index in [1.165, 1.54) is 4.57 Å². The maximum Gasteiger partial charge on any atom is 0.431 e. The fourth-order valence-electron chi connectivity index (χ4n) is 3.02. The summed E-state index contributed by atoms with van der Waals surface area (Å²) in [6, 6.07) is 5.21. The van der Waals surface area contributed by atoms with Crippen LogP contribution in [0.4, 0.5) is 13.2 Å². The first-order valence-corrected chi connectivity index (χ1v) is 6.31. The predicted octanol–water partition coefficient (Wildman–Crippen LogP) is 3.23. The van der Waals surface area contributed by atoms with Crippen molar-refractivity contribution in [3.05, 3.63) is 35.0 Å². The number of para-hydroxylation sites is 1. The second kappa shape index (κ2) is 4.26. The van der Waals surface area contributed by atoms with Crippen LogP contribution in [0.15, 0.2) is 18.2 Å². The molecule has 0 saturated heterocycles. The number of alkyl halides is 3. The van der Waals surface area contributed by atoms with Gasteiger partial charge in [-0.2, -0.15) is 13.2 Å². The molecule has 1 aliphatic rings. The van der Waals surface area contributed by atoms with Crippen molar-refractivity contribution in [3.8, 4) is 0 Å². The minimum absolute atomic E-state index is 0.100. The summed E-state index contributed by atoms with van der Waals surface area (Å²) in [6.45, 7) is 0.303. The highest BCUT2D eigenvalue weighted by molar-refractivity contribution is 5.90. The van der Waals surface area contributed by atoms with Crippen molar-refractivity contribution < 1.29 is 23.1 Å². The molecule has 1 aromatic heterocycles. The van der Waals surface area contributed by atoms with Gasteiger partial charge in [-0.1, -0.05) is 18.2 Å². The van der Waals surface area contributed by atoms with E-state index in [1.807, 2.05) is 6.07 Å². The van der Waals surface area contributed by atoms with Crippen molar-refractivity contribution >= 4 is 16.9 Å². The number of carbonyl (C=O) groups is 1. The minimum atomic E-state index is -4.46. The van der Waals surface area contributed by atoms with E-state index in [4.69, 9.17) is 5.11 Å². The monoisotopic (exact) mass is 283 g/mol. The molecule has 106 valence electrons. The van der Waals surface area contributed by atoms with Gasteiger partial charge in [-0.3, -0.25) is 4.79 Å². The van der Waals surface area contributed by atoms with E-state index in [2.05, 4.69) is 0 Å². The van der Waals surface area contributed by atoms with E-state index < -0.39 is 17.8 Å². The van der Waals surface area contributed by atoms with Crippen molar-refractivity contribution in [3.63, 3.8) is 0 Å². The summed E-state index contributed by atoms with van der Waals surface area (Å²) in [6.07, 6.45) is -4.27. The number of carboxylic acids is 1. The minimum Gasteiger partial charge on any atom is -0.481 e. The molecule has 0 unspecified atom stereocenters. The first-order chi connectivity index (χ1) is 9.39. The molecule has 0 saturated carbocycles. The molecule has 0 spiro atoms. The number of nitrogens with zero attached hydrogens (tertiary/aromatic N) is 1. The third-order valence-corrected chi connectivity index (χ3v) is 3.73. The number of aromatic nitrogens is 1. The summed E-state index contributed by atoms with van der Waals surface area (Å²) < 4.78 is 41.2. The van der Waals surface area contributed by atoms with E-state index in [1.54, 1.807) is 12.1 Å². The molecule has 0 radical (unpaired) electrons. The van der Waals surface area contributed by atoms with Crippen LogP contribution in [0.25, 0.3) is 10.9 Å². The summed E-state index contributed by atoms with van der Waals surface area (Å²) in [4.78, 5) is 10.7. The second-order valence-corrected chi connectivity index (χ2v) is 4.93. The summed E-state index contributed by atoms with van der Waals surface area (Å²) in [5.41, 5.74) is 0.935. The Hall–Kier alpha value is -1.98. The summed E-state index contributed by atoms with van der Waals surface area (Å²) in [5, 5.41) is 9.26. The van der Waals surface area contributed by atoms with Crippen LogP contribution in [-0.2, 0) is 30.4 Å². The number of aliphatic carboxylic acids is 1. The highest BCUT2D eigenvalue weighted by Crippen LogP contribution is 2.42. The van der Waals surface area contributed by atoms with Crippen molar-refractivity contribution in [2.24, 2.45) is 0 Å². The zero-order chi connectivity index (χ0) is 14.5. The van der Waals surface area contributed by atoms with Crippen molar-refractivity contribution in [2.45, 2.75) is 32.0 Å². The molecule has 3 rings (SSSR count). The first kappa shape index (κ1) is 13.0. The van der Waals surface area contributed by atoms with Crippen LogP contribution in [-0.4, -0.2) is 15.6 Å². The van der Waals surface area contributed by atoms with Gasteiger partial charge in [-0.05, 0) is 24.0 Å². The molecule has 0 atom stereocenters. The molecule has 3 nitrogen and oxygen atoms in total. The SMILES string of the molecule is O=C(O)CCc1c(C(F)(F)F)n2c3c(cccc13)CC2. The van der Waals surface area contributed by atoms with Crippen LogP contribution in [0, 0.1) is 0 Å². The second-order valence-electron chi connectivity index (χ2n) is 4.93. The predicted molar refractivity (Wildman–Crippen MR) is 66.6 cm³/mol. The van der Waals surface area contributed by atoms with E-state index in [0.717, 1.165) is 5.56 Å². The largest absolute Gasteiger partial charge is 0.481 e. The topological polar surface area (TPSA) is 42.2 Å². The molecule has 0 bridgehead atoms. The van der Waals surface area contributed by atoms with Crippen molar-refractivity contribution in [2.75, 3.05) is 0 Å². The Morgan fingerprint density at radius 2 is 2.10 bits per heavy atom. The lowest BCUT2D eigenvalue weighted by atomic mass is 10.0. The molecule has 0 amide bonds. The lowest BCUT2D eigenvalue weighted by molar-refractivity contribution is -0.144. The number of halogens is 3. The van der Waals surface area contributed by atoms with Crippen LogP contribution < -0.4 is 0 Å². The Balaban J connectivity index is 2.25. The van der Waals surface area contributed by atoms with Gasteiger partial charge in [0, 0.05) is 18.4 Å². The number of aryl methyl sites for hydroxylation is 3. The Labute approximate surface area is 112 Å². The third kappa shape index (κ3) is 1.87. The Kier molecular flexibility index (Phi) is 2.77. The quantitative estimate of drug-likeness (QED) is 0.939. The van der Waals surface area contributed by atoms with E-state index in [9.17, 15) is 18.0 Å². The van der Waals surface area contributed by atoms with Gasteiger partial charge in [0.05, 0.1) is 5.52 Å².